The zero-order chi connectivity index (χ0) is 26.2. The topological polar surface area (TPSA) is 84.9 Å². The molecule has 3 aromatic rings. The molecule has 0 unspecified atom stereocenters. The van der Waals surface area contributed by atoms with Gasteiger partial charge in [0.05, 0.1) is 18.9 Å². The molecule has 0 spiro atoms. The highest BCUT2D eigenvalue weighted by Crippen LogP contribution is 2.56. The predicted molar refractivity (Wildman–Crippen MR) is 142 cm³/mol. The zero-order valence-corrected chi connectivity index (χ0v) is 21.2. The number of imide groups is 1. The lowest BCUT2D eigenvalue weighted by Gasteiger charge is -2.27. The predicted octanol–water partition coefficient (Wildman–Crippen LogP) is 5.07. The summed E-state index contributed by atoms with van der Waals surface area (Å²) in [6.07, 6.45) is 3.23. The molecule has 7 heteroatoms. The third kappa shape index (κ3) is 4.42. The molecule has 3 aromatic carbocycles. The molecular weight excluding hydrogens is 480 g/mol. The molecule has 1 saturated heterocycles. The standard InChI is InChI=1S/C31H30N2O5/c1-37-23-13-15-25(16-14-23)38-24-11-9-22(10-12-24)32-29(34)26(17-19-5-3-2-4-6-19)33-30(35)27-20-7-8-21(18-20)28(27)31(33)36/h2-6,9-16,20-21,26-28H,7-8,17-18H2,1H3,(H,32,34)/t20-,21+,26-,27+,28+/m1/s1. The largest absolute Gasteiger partial charge is 0.497 e. The second-order valence-electron chi connectivity index (χ2n) is 10.4. The van der Waals surface area contributed by atoms with E-state index in [1.165, 1.54) is 4.90 Å². The molecule has 3 amide bonds. The third-order valence-electron chi connectivity index (χ3n) is 8.26. The molecule has 7 nitrogen and oxygen atoms in total. The molecule has 2 saturated carbocycles. The Balaban J connectivity index is 1.20. The molecule has 1 N–H and O–H groups in total. The highest BCUT2D eigenvalue weighted by atomic mass is 16.5. The molecule has 3 aliphatic rings. The molecular formula is C31H30N2O5. The number of nitrogens with zero attached hydrogens (tertiary/aromatic N) is 1. The van der Waals surface area contributed by atoms with Crippen molar-refractivity contribution < 1.29 is 23.9 Å². The lowest BCUT2D eigenvalue weighted by Crippen LogP contribution is -2.49. The number of methoxy groups -OCH3 is 1. The van der Waals surface area contributed by atoms with Crippen LogP contribution in [0.25, 0.3) is 0 Å². The van der Waals surface area contributed by atoms with Crippen LogP contribution in [0.1, 0.15) is 24.8 Å². The van der Waals surface area contributed by atoms with Crippen LogP contribution in [-0.4, -0.2) is 35.8 Å². The van der Waals surface area contributed by atoms with Gasteiger partial charge in [0.15, 0.2) is 0 Å². The summed E-state index contributed by atoms with van der Waals surface area (Å²) < 4.78 is 11.0. The SMILES string of the molecule is COc1ccc(Oc2ccc(NC(=O)[C@@H](Cc3ccccc3)N3C(=O)[C@H]4[C@@H]5CC[C@@H](C5)[C@@H]4C3=O)cc2)cc1. The Morgan fingerprint density at radius 1 is 0.842 bits per heavy atom. The van der Waals surface area contributed by atoms with E-state index in [-0.39, 0.29) is 47.8 Å². The number of rotatable bonds is 8. The van der Waals surface area contributed by atoms with Gasteiger partial charge >= 0.3 is 0 Å². The average Bonchev–Trinajstić information content (AvgIpc) is 3.63. The minimum atomic E-state index is -0.905. The number of likely N-dealkylation sites (tertiary alicyclic amines) is 1. The molecule has 194 valence electrons. The Bertz CT molecular complexity index is 1310. The van der Waals surface area contributed by atoms with E-state index < -0.39 is 6.04 Å². The normalized spacial score (nSPS) is 24.3. The van der Waals surface area contributed by atoms with Crippen molar-refractivity contribution in [2.45, 2.75) is 31.7 Å². The van der Waals surface area contributed by atoms with E-state index >= 15 is 0 Å². The number of benzene rings is 3. The van der Waals surface area contributed by atoms with Gasteiger partial charge in [-0.05, 0) is 85.2 Å². The first kappa shape index (κ1) is 24.2. The number of carbonyl (C=O) groups is 3. The number of hydrogen-bond donors (Lipinski definition) is 1. The van der Waals surface area contributed by atoms with E-state index in [1.807, 2.05) is 54.6 Å². The molecule has 6 rings (SSSR count). The quantitative estimate of drug-likeness (QED) is 0.428. The Morgan fingerprint density at radius 2 is 1.39 bits per heavy atom. The lowest BCUT2D eigenvalue weighted by molar-refractivity contribution is -0.147. The summed E-state index contributed by atoms with van der Waals surface area (Å²) in [6.45, 7) is 0. The summed E-state index contributed by atoms with van der Waals surface area (Å²) >= 11 is 0. The maximum absolute atomic E-state index is 13.6. The first-order valence-electron chi connectivity index (χ1n) is 13.2. The minimum Gasteiger partial charge on any atom is -0.497 e. The summed E-state index contributed by atoms with van der Waals surface area (Å²) in [5.41, 5.74) is 1.46. The first-order chi connectivity index (χ1) is 18.5. The van der Waals surface area contributed by atoms with Crippen molar-refractivity contribution in [1.82, 2.24) is 4.90 Å². The summed E-state index contributed by atoms with van der Waals surface area (Å²) in [5.74, 6) is 1.31. The van der Waals surface area contributed by atoms with Crippen molar-refractivity contribution in [3.8, 4) is 17.2 Å². The monoisotopic (exact) mass is 510 g/mol. The number of anilines is 1. The van der Waals surface area contributed by atoms with E-state index in [1.54, 1.807) is 31.4 Å². The Kier molecular flexibility index (Phi) is 6.35. The summed E-state index contributed by atoms with van der Waals surface area (Å²) in [5, 5.41) is 2.93. The van der Waals surface area contributed by atoms with E-state index in [0.29, 0.717) is 17.2 Å². The maximum atomic E-state index is 13.6. The van der Waals surface area contributed by atoms with Crippen LogP contribution in [0.3, 0.4) is 0 Å². The minimum absolute atomic E-state index is 0.175. The van der Waals surface area contributed by atoms with Crippen molar-refractivity contribution >= 4 is 23.4 Å². The van der Waals surface area contributed by atoms with Crippen molar-refractivity contribution in [2.24, 2.45) is 23.7 Å². The van der Waals surface area contributed by atoms with Gasteiger partial charge < -0.3 is 14.8 Å². The number of amides is 3. The fourth-order valence-corrected chi connectivity index (χ4v) is 6.49. The fourth-order valence-electron chi connectivity index (χ4n) is 6.49. The van der Waals surface area contributed by atoms with Gasteiger partial charge in [-0.3, -0.25) is 19.3 Å². The van der Waals surface area contributed by atoms with Gasteiger partial charge in [0, 0.05) is 12.1 Å². The molecule has 1 aliphatic heterocycles. The number of fused-ring (bicyclic) bond motifs is 5. The molecule has 0 aromatic heterocycles. The van der Waals surface area contributed by atoms with Crippen molar-refractivity contribution in [3.63, 3.8) is 0 Å². The van der Waals surface area contributed by atoms with Crippen LogP contribution in [0.2, 0.25) is 0 Å². The smallest absolute Gasteiger partial charge is 0.248 e. The molecule has 0 radical (unpaired) electrons. The molecule has 2 aliphatic carbocycles. The average molecular weight is 511 g/mol. The summed E-state index contributed by atoms with van der Waals surface area (Å²) in [4.78, 5) is 42.0. The second-order valence-corrected chi connectivity index (χ2v) is 10.4. The van der Waals surface area contributed by atoms with Gasteiger partial charge in [0.2, 0.25) is 17.7 Å². The summed E-state index contributed by atoms with van der Waals surface area (Å²) in [6, 6.07) is 22.9. The third-order valence-corrected chi connectivity index (χ3v) is 8.26. The van der Waals surface area contributed by atoms with Gasteiger partial charge in [-0.1, -0.05) is 30.3 Å². The van der Waals surface area contributed by atoms with Crippen molar-refractivity contribution in [2.75, 3.05) is 12.4 Å². The van der Waals surface area contributed by atoms with Gasteiger partial charge in [-0.25, -0.2) is 0 Å². The van der Waals surface area contributed by atoms with E-state index in [9.17, 15) is 14.4 Å². The molecule has 38 heavy (non-hydrogen) atoms. The summed E-state index contributed by atoms with van der Waals surface area (Å²) in [7, 11) is 1.61. The van der Waals surface area contributed by atoms with Gasteiger partial charge in [0.25, 0.3) is 0 Å². The van der Waals surface area contributed by atoms with Crippen LogP contribution >= 0.6 is 0 Å². The van der Waals surface area contributed by atoms with E-state index in [4.69, 9.17) is 9.47 Å². The zero-order valence-electron chi connectivity index (χ0n) is 21.2. The van der Waals surface area contributed by atoms with Crippen LogP contribution in [-0.2, 0) is 20.8 Å². The van der Waals surface area contributed by atoms with E-state index in [0.717, 1.165) is 30.6 Å². The second kappa shape index (κ2) is 9.97. The number of carbonyl (C=O) groups excluding carboxylic acids is 3. The molecule has 1 heterocycles. The maximum Gasteiger partial charge on any atom is 0.248 e. The highest BCUT2D eigenvalue weighted by molar-refractivity contribution is 6.10. The van der Waals surface area contributed by atoms with Crippen LogP contribution in [0.4, 0.5) is 5.69 Å². The Morgan fingerprint density at radius 3 is 1.97 bits per heavy atom. The van der Waals surface area contributed by atoms with Gasteiger partial charge in [-0.2, -0.15) is 0 Å². The fraction of sp³-hybridized carbons (Fsp3) is 0.323. The Labute approximate surface area is 221 Å². The molecule has 2 bridgehead atoms. The number of nitrogens with one attached hydrogen (secondary N) is 1. The number of ether oxygens (including phenoxy) is 2. The highest BCUT2D eigenvalue weighted by Gasteiger charge is 2.62. The van der Waals surface area contributed by atoms with Crippen LogP contribution in [0, 0.1) is 23.7 Å². The Hall–Kier alpha value is -4.13. The van der Waals surface area contributed by atoms with Crippen LogP contribution in [0.15, 0.2) is 78.9 Å². The van der Waals surface area contributed by atoms with Crippen LogP contribution in [0.5, 0.6) is 17.2 Å². The van der Waals surface area contributed by atoms with Gasteiger partial charge in [-0.15, -0.1) is 0 Å². The van der Waals surface area contributed by atoms with Crippen molar-refractivity contribution in [3.05, 3.63) is 84.4 Å². The van der Waals surface area contributed by atoms with Crippen molar-refractivity contribution in [1.29, 1.82) is 0 Å². The molecule has 5 atom stereocenters. The molecule has 3 fully saturated rings. The van der Waals surface area contributed by atoms with E-state index in [2.05, 4.69) is 5.32 Å². The first-order valence-corrected chi connectivity index (χ1v) is 13.2. The number of hydrogen-bond acceptors (Lipinski definition) is 5. The van der Waals surface area contributed by atoms with Crippen LogP contribution < -0.4 is 14.8 Å². The van der Waals surface area contributed by atoms with Gasteiger partial charge in [0.1, 0.15) is 23.3 Å². The lowest BCUT2D eigenvalue weighted by atomic mass is 9.81.